The largest absolute Gasteiger partial charge is 0.386 e. The van der Waals surface area contributed by atoms with Crippen LogP contribution in [0.15, 0.2) is 0 Å². The van der Waals surface area contributed by atoms with Gasteiger partial charge in [-0.05, 0) is 11.8 Å². The maximum Gasteiger partial charge on any atom is 0.224 e. The van der Waals surface area contributed by atoms with Crippen LogP contribution in [0.3, 0.4) is 0 Å². The van der Waals surface area contributed by atoms with Crippen LogP contribution in [0.5, 0.6) is 0 Å². The predicted molar refractivity (Wildman–Crippen MR) is 70.0 cm³/mol. The lowest BCUT2D eigenvalue weighted by Crippen LogP contribution is -2.46. The number of hydrogen-bond acceptors (Lipinski definition) is 4. The third kappa shape index (κ3) is 4.92. The molecule has 1 fully saturated rings. The van der Waals surface area contributed by atoms with Gasteiger partial charge in [0.1, 0.15) is 5.60 Å². The SMILES string of the molecule is CC(C)(C)CC(CN)C(=O)NCC1(O)CCOC1. The minimum atomic E-state index is -0.906. The summed E-state index contributed by atoms with van der Waals surface area (Å²) in [6.07, 6.45) is 1.31. The number of amides is 1. The zero-order valence-corrected chi connectivity index (χ0v) is 11.7. The molecule has 5 nitrogen and oxygen atoms in total. The summed E-state index contributed by atoms with van der Waals surface area (Å²) in [5, 5.41) is 12.8. The van der Waals surface area contributed by atoms with Crippen molar-refractivity contribution in [3.63, 3.8) is 0 Å². The molecule has 0 aromatic rings. The fourth-order valence-electron chi connectivity index (χ4n) is 2.15. The molecule has 18 heavy (non-hydrogen) atoms. The van der Waals surface area contributed by atoms with Crippen molar-refractivity contribution in [1.29, 1.82) is 0 Å². The molecule has 0 aromatic heterocycles. The highest BCUT2D eigenvalue weighted by atomic mass is 16.5. The van der Waals surface area contributed by atoms with Crippen LogP contribution in [-0.4, -0.2) is 42.9 Å². The number of carbonyl (C=O) groups excluding carboxylic acids is 1. The molecule has 106 valence electrons. The van der Waals surface area contributed by atoms with Crippen LogP contribution in [0.25, 0.3) is 0 Å². The fraction of sp³-hybridized carbons (Fsp3) is 0.923. The smallest absolute Gasteiger partial charge is 0.224 e. The van der Waals surface area contributed by atoms with Gasteiger partial charge in [-0.1, -0.05) is 20.8 Å². The van der Waals surface area contributed by atoms with E-state index in [0.717, 1.165) is 6.42 Å². The topological polar surface area (TPSA) is 84.6 Å². The number of aliphatic hydroxyl groups is 1. The molecule has 1 heterocycles. The molecule has 0 saturated carbocycles. The number of ether oxygens (including phenoxy) is 1. The van der Waals surface area contributed by atoms with Crippen molar-refractivity contribution < 1.29 is 14.6 Å². The van der Waals surface area contributed by atoms with Crippen molar-refractivity contribution in [2.45, 2.75) is 39.2 Å². The second kappa shape index (κ2) is 5.99. The van der Waals surface area contributed by atoms with E-state index >= 15 is 0 Å². The first-order chi connectivity index (χ1) is 8.26. The fourth-order valence-corrected chi connectivity index (χ4v) is 2.15. The van der Waals surface area contributed by atoms with Crippen LogP contribution in [0.1, 0.15) is 33.6 Å². The highest BCUT2D eigenvalue weighted by Crippen LogP contribution is 2.24. The Hall–Kier alpha value is -0.650. The normalized spacial score (nSPS) is 26.1. The van der Waals surface area contributed by atoms with Gasteiger partial charge in [-0.3, -0.25) is 4.79 Å². The number of carbonyl (C=O) groups is 1. The Morgan fingerprint density at radius 1 is 1.56 bits per heavy atom. The minimum Gasteiger partial charge on any atom is -0.386 e. The van der Waals surface area contributed by atoms with Crippen LogP contribution < -0.4 is 11.1 Å². The Morgan fingerprint density at radius 2 is 2.22 bits per heavy atom. The molecule has 1 amide bonds. The lowest BCUT2D eigenvalue weighted by molar-refractivity contribution is -0.126. The maximum absolute atomic E-state index is 12.0. The molecule has 2 unspecified atom stereocenters. The molecule has 0 aliphatic carbocycles. The van der Waals surface area contributed by atoms with Gasteiger partial charge in [-0.15, -0.1) is 0 Å². The Balaban J connectivity index is 2.42. The van der Waals surface area contributed by atoms with E-state index in [1.807, 2.05) is 0 Å². The summed E-state index contributed by atoms with van der Waals surface area (Å²) in [6.45, 7) is 7.67. The summed E-state index contributed by atoms with van der Waals surface area (Å²) < 4.78 is 5.13. The molecule has 1 saturated heterocycles. The van der Waals surface area contributed by atoms with E-state index in [-0.39, 0.29) is 23.8 Å². The second-order valence-electron chi connectivity index (χ2n) is 6.44. The maximum atomic E-state index is 12.0. The molecule has 0 radical (unpaired) electrons. The molecule has 5 heteroatoms. The number of hydrogen-bond donors (Lipinski definition) is 3. The quantitative estimate of drug-likeness (QED) is 0.660. The Kier molecular flexibility index (Phi) is 5.13. The summed E-state index contributed by atoms with van der Waals surface area (Å²) >= 11 is 0. The number of nitrogens with one attached hydrogen (secondary N) is 1. The molecule has 0 bridgehead atoms. The predicted octanol–water partition coefficient (Wildman–Crippen LogP) is 0.265. The van der Waals surface area contributed by atoms with Gasteiger partial charge in [-0.2, -0.15) is 0 Å². The van der Waals surface area contributed by atoms with E-state index < -0.39 is 5.60 Å². The van der Waals surface area contributed by atoms with Crippen LogP contribution in [0.2, 0.25) is 0 Å². The Labute approximate surface area is 109 Å². The summed E-state index contributed by atoms with van der Waals surface area (Å²) in [7, 11) is 0. The van der Waals surface area contributed by atoms with E-state index in [0.29, 0.717) is 26.2 Å². The molecule has 1 aliphatic heterocycles. The van der Waals surface area contributed by atoms with E-state index in [4.69, 9.17) is 10.5 Å². The minimum absolute atomic E-state index is 0.0642. The van der Waals surface area contributed by atoms with Gasteiger partial charge in [0.2, 0.25) is 5.91 Å². The van der Waals surface area contributed by atoms with E-state index in [1.54, 1.807) is 0 Å². The van der Waals surface area contributed by atoms with E-state index in [1.165, 1.54) is 0 Å². The summed E-state index contributed by atoms with van der Waals surface area (Å²) in [5.74, 6) is -0.274. The van der Waals surface area contributed by atoms with Gasteiger partial charge in [0.15, 0.2) is 0 Å². The van der Waals surface area contributed by atoms with E-state index in [2.05, 4.69) is 26.1 Å². The van der Waals surface area contributed by atoms with Gasteiger partial charge < -0.3 is 20.9 Å². The third-order valence-electron chi connectivity index (χ3n) is 3.19. The standard InChI is InChI=1S/C13H26N2O3/c1-12(2,3)6-10(7-14)11(16)15-8-13(17)4-5-18-9-13/h10,17H,4-9,14H2,1-3H3,(H,15,16). The van der Waals surface area contributed by atoms with Crippen molar-refractivity contribution >= 4 is 5.91 Å². The average molecular weight is 258 g/mol. The zero-order valence-electron chi connectivity index (χ0n) is 11.7. The molecule has 2 atom stereocenters. The lowest BCUT2D eigenvalue weighted by Gasteiger charge is -2.26. The van der Waals surface area contributed by atoms with Crippen molar-refractivity contribution in [2.24, 2.45) is 17.1 Å². The van der Waals surface area contributed by atoms with Crippen LogP contribution in [-0.2, 0) is 9.53 Å². The average Bonchev–Trinajstić information content (AvgIpc) is 2.69. The van der Waals surface area contributed by atoms with Crippen molar-refractivity contribution in [2.75, 3.05) is 26.3 Å². The van der Waals surface area contributed by atoms with Crippen molar-refractivity contribution in [1.82, 2.24) is 5.32 Å². The molecular formula is C13H26N2O3. The number of rotatable bonds is 5. The summed E-state index contributed by atoms with van der Waals surface area (Å²) in [6, 6.07) is 0. The van der Waals surface area contributed by atoms with Gasteiger partial charge in [-0.25, -0.2) is 0 Å². The van der Waals surface area contributed by atoms with Gasteiger partial charge in [0, 0.05) is 26.1 Å². The molecule has 0 aromatic carbocycles. The van der Waals surface area contributed by atoms with Crippen LogP contribution in [0, 0.1) is 11.3 Å². The first-order valence-electron chi connectivity index (χ1n) is 6.54. The Morgan fingerprint density at radius 3 is 2.67 bits per heavy atom. The summed E-state index contributed by atoms with van der Waals surface area (Å²) in [4.78, 5) is 12.0. The summed E-state index contributed by atoms with van der Waals surface area (Å²) in [5.41, 5.74) is 4.81. The lowest BCUT2D eigenvalue weighted by atomic mass is 9.84. The zero-order chi connectivity index (χ0) is 13.8. The molecular weight excluding hydrogens is 232 g/mol. The van der Waals surface area contributed by atoms with Gasteiger partial charge in [0.05, 0.1) is 12.5 Å². The molecule has 1 aliphatic rings. The first kappa shape index (κ1) is 15.4. The highest BCUT2D eigenvalue weighted by Gasteiger charge is 2.33. The van der Waals surface area contributed by atoms with Crippen molar-refractivity contribution in [3.05, 3.63) is 0 Å². The monoisotopic (exact) mass is 258 g/mol. The van der Waals surface area contributed by atoms with Crippen molar-refractivity contribution in [3.8, 4) is 0 Å². The van der Waals surface area contributed by atoms with Crippen LogP contribution >= 0.6 is 0 Å². The molecule has 4 N–H and O–H groups in total. The first-order valence-corrected chi connectivity index (χ1v) is 6.54. The third-order valence-corrected chi connectivity index (χ3v) is 3.19. The number of nitrogens with two attached hydrogens (primary N) is 1. The van der Waals surface area contributed by atoms with Crippen LogP contribution in [0.4, 0.5) is 0 Å². The highest BCUT2D eigenvalue weighted by molar-refractivity contribution is 5.79. The molecule has 0 spiro atoms. The Bertz CT molecular complexity index is 280. The van der Waals surface area contributed by atoms with Gasteiger partial charge in [0.25, 0.3) is 0 Å². The second-order valence-corrected chi connectivity index (χ2v) is 6.44. The molecule has 1 rings (SSSR count). The van der Waals surface area contributed by atoms with Gasteiger partial charge >= 0.3 is 0 Å². The van der Waals surface area contributed by atoms with E-state index in [9.17, 15) is 9.90 Å².